The van der Waals surface area contributed by atoms with Gasteiger partial charge in [0.15, 0.2) is 0 Å². The second-order valence-corrected chi connectivity index (χ2v) is 5.80. The van der Waals surface area contributed by atoms with Crippen molar-refractivity contribution in [3.63, 3.8) is 0 Å². The number of hydrogen-bond donors (Lipinski definition) is 2. The molecule has 1 heterocycles. The maximum absolute atomic E-state index is 11.8. The number of nitrogens with zero attached hydrogens (tertiary/aromatic N) is 1. The van der Waals surface area contributed by atoms with Gasteiger partial charge in [-0.3, -0.25) is 4.90 Å². The Kier molecular flexibility index (Phi) is 6.39. The summed E-state index contributed by atoms with van der Waals surface area (Å²) in [5.74, 6) is 0. The van der Waals surface area contributed by atoms with E-state index in [0.29, 0.717) is 27.3 Å². The zero-order chi connectivity index (χ0) is 15.2. The molecule has 0 atom stereocenters. The number of benzene rings is 1. The smallest absolute Gasteiger partial charge is 0.319 e. The van der Waals surface area contributed by atoms with Crippen LogP contribution in [0.25, 0.3) is 0 Å². The first-order valence-corrected chi connectivity index (χ1v) is 7.69. The fourth-order valence-electron chi connectivity index (χ4n) is 1.94. The van der Waals surface area contributed by atoms with Gasteiger partial charge in [0.1, 0.15) is 0 Å². The Bertz CT molecular complexity index is 508. The highest BCUT2D eigenvalue weighted by Gasteiger charge is 2.11. The zero-order valence-electron chi connectivity index (χ0n) is 11.3. The molecule has 1 fully saturated rings. The van der Waals surface area contributed by atoms with E-state index in [1.54, 1.807) is 0 Å². The van der Waals surface area contributed by atoms with E-state index in [1.165, 1.54) is 12.1 Å². The summed E-state index contributed by atoms with van der Waals surface area (Å²) >= 11 is 17.7. The fraction of sp³-hybridized carbons (Fsp3) is 0.462. The number of carbonyl (C=O) groups excluding carboxylic acids is 1. The Morgan fingerprint density at radius 1 is 1.14 bits per heavy atom. The molecule has 21 heavy (non-hydrogen) atoms. The maximum Gasteiger partial charge on any atom is 0.319 e. The van der Waals surface area contributed by atoms with Gasteiger partial charge in [0, 0.05) is 26.2 Å². The SMILES string of the molecule is O=C(NCCN1CCOCC1)Nc1cc(Cl)c(Cl)cc1Cl. The van der Waals surface area contributed by atoms with Gasteiger partial charge in [0.05, 0.1) is 34.0 Å². The molecule has 1 aromatic rings. The summed E-state index contributed by atoms with van der Waals surface area (Å²) in [6.07, 6.45) is 0. The molecule has 2 N–H and O–H groups in total. The van der Waals surface area contributed by atoms with Gasteiger partial charge in [-0.15, -0.1) is 0 Å². The molecule has 0 spiro atoms. The predicted octanol–water partition coefficient (Wildman–Crippen LogP) is 3.10. The van der Waals surface area contributed by atoms with Crippen molar-refractivity contribution in [3.8, 4) is 0 Å². The van der Waals surface area contributed by atoms with Gasteiger partial charge in [-0.1, -0.05) is 34.8 Å². The lowest BCUT2D eigenvalue weighted by Crippen LogP contribution is -2.42. The normalized spacial score (nSPS) is 15.8. The number of ether oxygens (including phenoxy) is 1. The van der Waals surface area contributed by atoms with Gasteiger partial charge >= 0.3 is 6.03 Å². The van der Waals surface area contributed by atoms with Gasteiger partial charge < -0.3 is 15.4 Å². The van der Waals surface area contributed by atoms with Crippen LogP contribution in [-0.2, 0) is 4.74 Å². The minimum Gasteiger partial charge on any atom is -0.379 e. The molecule has 0 bridgehead atoms. The van der Waals surface area contributed by atoms with Crippen LogP contribution in [0.15, 0.2) is 12.1 Å². The molecule has 0 saturated carbocycles. The lowest BCUT2D eigenvalue weighted by atomic mass is 10.3. The Balaban J connectivity index is 1.77. The molecule has 116 valence electrons. The summed E-state index contributed by atoms with van der Waals surface area (Å²) in [6.45, 7) is 4.59. The minimum absolute atomic E-state index is 0.330. The van der Waals surface area contributed by atoms with E-state index in [0.717, 1.165) is 32.8 Å². The molecule has 2 rings (SSSR count). The molecule has 1 aromatic carbocycles. The standard InChI is InChI=1S/C13H16Cl3N3O2/c14-9-7-11(16)12(8-10(9)15)18-13(20)17-1-2-19-3-5-21-6-4-19/h7-8H,1-6H2,(H2,17,18,20). The number of urea groups is 1. The summed E-state index contributed by atoms with van der Waals surface area (Å²) < 4.78 is 5.26. The Hall–Kier alpha value is -0.720. The van der Waals surface area contributed by atoms with E-state index in [4.69, 9.17) is 39.5 Å². The van der Waals surface area contributed by atoms with E-state index in [-0.39, 0.29) is 6.03 Å². The second kappa shape index (κ2) is 8.06. The highest BCUT2D eigenvalue weighted by atomic mass is 35.5. The van der Waals surface area contributed by atoms with Crippen molar-refractivity contribution in [2.75, 3.05) is 44.7 Å². The van der Waals surface area contributed by atoms with Crippen LogP contribution in [0.4, 0.5) is 10.5 Å². The van der Waals surface area contributed by atoms with Crippen molar-refractivity contribution in [1.82, 2.24) is 10.2 Å². The molecule has 8 heteroatoms. The number of nitrogens with one attached hydrogen (secondary N) is 2. The van der Waals surface area contributed by atoms with Gasteiger partial charge in [0.25, 0.3) is 0 Å². The third-order valence-corrected chi connectivity index (χ3v) is 4.11. The quantitative estimate of drug-likeness (QED) is 0.819. The largest absolute Gasteiger partial charge is 0.379 e. The summed E-state index contributed by atoms with van der Waals surface area (Å²) in [5, 5.41) is 6.45. The molecule has 1 aliphatic heterocycles. The Labute approximate surface area is 138 Å². The first-order chi connectivity index (χ1) is 10.1. The summed E-state index contributed by atoms with van der Waals surface area (Å²) in [6, 6.07) is 2.69. The van der Waals surface area contributed by atoms with Gasteiger partial charge in [0.2, 0.25) is 0 Å². The van der Waals surface area contributed by atoms with Crippen molar-refractivity contribution in [3.05, 3.63) is 27.2 Å². The predicted molar refractivity (Wildman–Crippen MR) is 85.8 cm³/mol. The number of carbonyl (C=O) groups is 1. The van der Waals surface area contributed by atoms with E-state index in [9.17, 15) is 4.79 Å². The number of rotatable bonds is 4. The van der Waals surface area contributed by atoms with Crippen molar-refractivity contribution in [1.29, 1.82) is 0 Å². The number of hydrogen-bond acceptors (Lipinski definition) is 3. The maximum atomic E-state index is 11.8. The van der Waals surface area contributed by atoms with Crippen molar-refractivity contribution < 1.29 is 9.53 Å². The molecule has 2 amide bonds. The van der Waals surface area contributed by atoms with Gasteiger partial charge in [-0.25, -0.2) is 4.79 Å². The topological polar surface area (TPSA) is 53.6 Å². The summed E-state index contributed by atoms with van der Waals surface area (Å²) in [7, 11) is 0. The third-order valence-electron chi connectivity index (χ3n) is 3.08. The number of amides is 2. The van der Waals surface area contributed by atoms with E-state index in [1.807, 2.05) is 0 Å². The van der Waals surface area contributed by atoms with Crippen molar-refractivity contribution >= 4 is 46.5 Å². The lowest BCUT2D eigenvalue weighted by molar-refractivity contribution is 0.0388. The molecular weight excluding hydrogens is 337 g/mol. The first-order valence-electron chi connectivity index (χ1n) is 6.56. The molecule has 5 nitrogen and oxygen atoms in total. The highest BCUT2D eigenvalue weighted by molar-refractivity contribution is 6.44. The fourth-order valence-corrected chi connectivity index (χ4v) is 2.53. The average Bonchev–Trinajstić information content (AvgIpc) is 2.46. The van der Waals surface area contributed by atoms with Crippen LogP contribution in [0.2, 0.25) is 15.1 Å². The van der Waals surface area contributed by atoms with E-state index >= 15 is 0 Å². The summed E-state index contributed by atoms with van der Waals surface area (Å²) in [5.41, 5.74) is 0.426. The van der Waals surface area contributed by atoms with E-state index < -0.39 is 0 Å². The second-order valence-electron chi connectivity index (χ2n) is 4.58. The van der Waals surface area contributed by atoms with Gasteiger partial charge in [-0.2, -0.15) is 0 Å². The van der Waals surface area contributed by atoms with Gasteiger partial charge in [-0.05, 0) is 12.1 Å². The molecule has 1 saturated heterocycles. The summed E-state index contributed by atoms with van der Waals surface area (Å²) in [4.78, 5) is 14.0. The average molecular weight is 353 g/mol. The molecule has 0 unspecified atom stereocenters. The third kappa shape index (κ3) is 5.20. The highest BCUT2D eigenvalue weighted by Crippen LogP contribution is 2.32. The van der Waals surface area contributed by atoms with Crippen molar-refractivity contribution in [2.45, 2.75) is 0 Å². The van der Waals surface area contributed by atoms with Crippen LogP contribution in [0.3, 0.4) is 0 Å². The van der Waals surface area contributed by atoms with Crippen LogP contribution in [0.5, 0.6) is 0 Å². The molecule has 0 radical (unpaired) electrons. The molecular formula is C13H16Cl3N3O2. The Morgan fingerprint density at radius 2 is 1.81 bits per heavy atom. The van der Waals surface area contributed by atoms with Crippen LogP contribution >= 0.6 is 34.8 Å². The Morgan fingerprint density at radius 3 is 2.52 bits per heavy atom. The molecule has 0 aromatic heterocycles. The minimum atomic E-state index is -0.330. The number of morpholine rings is 1. The van der Waals surface area contributed by atoms with Crippen LogP contribution in [0, 0.1) is 0 Å². The zero-order valence-corrected chi connectivity index (χ0v) is 13.6. The monoisotopic (exact) mass is 351 g/mol. The van der Waals surface area contributed by atoms with Crippen LogP contribution in [0.1, 0.15) is 0 Å². The van der Waals surface area contributed by atoms with Crippen LogP contribution < -0.4 is 10.6 Å². The first kappa shape index (κ1) is 16.6. The van der Waals surface area contributed by atoms with E-state index in [2.05, 4.69) is 15.5 Å². The molecule has 1 aliphatic rings. The van der Waals surface area contributed by atoms with Crippen molar-refractivity contribution in [2.24, 2.45) is 0 Å². The van der Waals surface area contributed by atoms with Crippen LogP contribution in [-0.4, -0.2) is 50.3 Å². The number of anilines is 1. The molecule has 0 aliphatic carbocycles. The lowest BCUT2D eigenvalue weighted by Gasteiger charge is -2.26. The number of halogens is 3.